The van der Waals surface area contributed by atoms with Gasteiger partial charge in [-0.3, -0.25) is 4.79 Å². The van der Waals surface area contributed by atoms with E-state index in [2.05, 4.69) is 13.8 Å². The van der Waals surface area contributed by atoms with Gasteiger partial charge in [0.2, 0.25) is 0 Å². The maximum atomic E-state index is 12.1. The SMILES string of the molecule is CC1CCC(OC(=O)CC2(N)CCCCC2)CC1C. The minimum absolute atomic E-state index is 0.0730. The smallest absolute Gasteiger partial charge is 0.307 e. The predicted octanol–water partition coefficient (Wildman–Crippen LogP) is 3.41. The summed E-state index contributed by atoms with van der Waals surface area (Å²) in [6.45, 7) is 4.55. The van der Waals surface area contributed by atoms with Gasteiger partial charge in [0.15, 0.2) is 0 Å². The molecule has 0 aromatic rings. The van der Waals surface area contributed by atoms with E-state index < -0.39 is 0 Å². The summed E-state index contributed by atoms with van der Waals surface area (Å²) in [6.07, 6.45) is 9.26. The largest absolute Gasteiger partial charge is 0.462 e. The first kappa shape index (κ1) is 14.8. The number of nitrogens with two attached hydrogens (primary N) is 1. The van der Waals surface area contributed by atoms with Crippen molar-refractivity contribution in [3.05, 3.63) is 0 Å². The van der Waals surface area contributed by atoms with Gasteiger partial charge in [0, 0.05) is 5.54 Å². The molecule has 2 aliphatic rings. The summed E-state index contributed by atoms with van der Waals surface area (Å²) >= 11 is 0. The molecule has 0 heterocycles. The first-order chi connectivity index (χ1) is 8.98. The van der Waals surface area contributed by atoms with Crippen LogP contribution in [-0.2, 0) is 9.53 Å². The summed E-state index contributed by atoms with van der Waals surface area (Å²) in [7, 11) is 0. The third-order valence-electron chi connectivity index (χ3n) is 5.19. The van der Waals surface area contributed by atoms with Crippen LogP contribution in [0.1, 0.15) is 71.6 Å². The van der Waals surface area contributed by atoms with Crippen LogP contribution in [0.25, 0.3) is 0 Å². The molecule has 0 radical (unpaired) electrons. The molecule has 2 N–H and O–H groups in total. The number of rotatable bonds is 3. The van der Waals surface area contributed by atoms with Gasteiger partial charge in [-0.25, -0.2) is 0 Å². The quantitative estimate of drug-likeness (QED) is 0.797. The Morgan fingerprint density at radius 2 is 1.84 bits per heavy atom. The number of carbonyl (C=O) groups is 1. The van der Waals surface area contributed by atoms with Gasteiger partial charge >= 0.3 is 5.97 Å². The molecule has 0 aromatic carbocycles. The number of ether oxygens (including phenoxy) is 1. The summed E-state index contributed by atoms with van der Waals surface area (Å²) in [5.74, 6) is 1.35. The van der Waals surface area contributed by atoms with E-state index in [-0.39, 0.29) is 17.6 Å². The molecule has 0 amide bonds. The Labute approximate surface area is 117 Å². The number of esters is 1. The van der Waals surface area contributed by atoms with E-state index in [4.69, 9.17) is 10.5 Å². The lowest BCUT2D eigenvalue weighted by molar-refractivity contribution is -0.153. The summed E-state index contributed by atoms with van der Waals surface area (Å²) in [4.78, 5) is 12.1. The van der Waals surface area contributed by atoms with Crippen molar-refractivity contribution < 1.29 is 9.53 Å². The monoisotopic (exact) mass is 267 g/mol. The number of carbonyl (C=O) groups excluding carboxylic acids is 1. The van der Waals surface area contributed by atoms with Gasteiger partial charge in [0.25, 0.3) is 0 Å². The minimum Gasteiger partial charge on any atom is -0.462 e. The van der Waals surface area contributed by atoms with Gasteiger partial charge < -0.3 is 10.5 Å². The molecular formula is C16H29NO2. The van der Waals surface area contributed by atoms with E-state index in [1.165, 1.54) is 12.8 Å². The summed E-state index contributed by atoms with van der Waals surface area (Å²) in [5.41, 5.74) is 6.02. The molecule has 0 aliphatic heterocycles. The molecule has 3 atom stereocenters. The van der Waals surface area contributed by atoms with Crippen LogP contribution in [0.3, 0.4) is 0 Å². The molecule has 2 fully saturated rings. The standard InChI is InChI=1S/C16H29NO2/c1-12-6-7-14(10-13(12)2)19-15(18)11-16(17)8-4-3-5-9-16/h12-14H,3-11,17H2,1-2H3. The van der Waals surface area contributed by atoms with E-state index in [9.17, 15) is 4.79 Å². The molecular weight excluding hydrogens is 238 g/mol. The molecule has 0 saturated heterocycles. The highest BCUT2D eigenvalue weighted by atomic mass is 16.5. The highest BCUT2D eigenvalue weighted by Gasteiger charge is 2.33. The van der Waals surface area contributed by atoms with Crippen LogP contribution >= 0.6 is 0 Å². The summed E-state index contributed by atoms with van der Waals surface area (Å²) < 4.78 is 5.66. The summed E-state index contributed by atoms with van der Waals surface area (Å²) in [6, 6.07) is 0. The number of hydrogen-bond donors (Lipinski definition) is 1. The molecule has 0 bridgehead atoms. The Morgan fingerprint density at radius 3 is 2.47 bits per heavy atom. The van der Waals surface area contributed by atoms with Crippen LogP contribution in [0, 0.1) is 11.8 Å². The second kappa shape index (κ2) is 6.25. The predicted molar refractivity (Wildman–Crippen MR) is 76.7 cm³/mol. The van der Waals surface area contributed by atoms with E-state index >= 15 is 0 Å². The fraction of sp³-hybridized carbons (Fsp3) is 0.938. The Bertz CT molecular complexity index is 310. The maximum Gasteiger partial charge on any atom is 0.307 e. The average Bonchev–Trinajstić information content (AvgIpc) is 2.34. The topological polar surface area (TPSA) is 52.3 Å². The molecule has 3 unspecified atom stereocenters. The van der Waals surface area contributed by atoms with Gasteiger partial charge in [-0.15, -0.1) is 0 Å². The van der Waals surface area contributed by atoms with Gasteiger partial charge in [-0.2, -0.15) is 0 Å². The number of hydrogen-bond acceptors (Lipinski definition) is 3. The molecule has 2 aliphatic carbocycles. The molecule has 0 spiro atoms. The zero-order valence-electron chi connectivity index (χ0n) is 12.5. The molecule has 2 rings (SSSR count). The van der Waals surface area contributed by atoms with E-state index in [1.54, 1.807) is 0 Å². The van der Waals surface area contributed by atoms with Gasteiger partial charge in [-0.1, -0.05) is 33.1 Å². The molecule has 0 aromatic heterocycles. The van der Waals surface area contributed by atoms with Crippen LogP contribution in [0.2, 0.25) is 0 Å². The average molecular weight is 267 g/mol. The normalized spacial score (nSPS) is 34.8. The Hall–Kier alpha value is -0.570. The van der Waals surface area contributed by atoms with Crippen molar-refractivity contribution in [3.8, 4) is 0 Å². The Kier molecular flexibility index (Phi) is 4.88. The zero-order chi connectivity index (χ0) is 13.9. The zero-order valence-corrected chi connectivity index (χ0v) is 12.5. The van der Waals surface area contributed by atoms with Crippen LogP contribution in [0.4, 0.5) is 0 Å². The molecule has 19 heavy (non-hydrogen) atoms. The van der Waals surface area contributed by atoms with E-state index in [0.717, 1.165) is 44.4 Å². The van der Waals surface area contributed by atoms with Gasteiger partial charge in [-0.05, 0) is 43.9 Å². The lowest BCUT2D eigenvalue weighted by Crippen LogP contribution is -2.44. The van der Waals surface area contributed by atoms with Crippen LogP contribution in [0.15, 0.2) is 0 Å². The Morgan fingerprint density at radius 1 is 1.16 bits per heavy atom. The lowest BCUT2D eigenvalue weighted by Gasteiger charge is -2.35. The molecule has 2 saturated carbocycles. The van der Waals surface area contributed by atoms with E-state index in [1.807, 2.05) is 0 Å². The van der Waals surface area contributed by atoms with Crippen molar-refractivity contribution in [1.82, 2.24) is 0 Å². The fourth-order valence-corrected chi connectivity index (χ4v) is 3.55. The fourth-order valence-electron chi connectivity index (χ4n) is 3.55. The molecule has 3 heteroatoms. The van der Waals surface area contributed by atoms with Crippen molar-refractivity contribution in [2.75, 3.05) is 0 Å². The van der Waals surface area contributed by atoms with Crippen molar-refractivity contribution in [3.63, 3.8) is 0 Å². The highest BCUT2D eigenvalue weighted by molar-refractivity contribution is 5.71. The van der Waals surface area contributed by atoms with Gasteiger partial charge in [0.05, 0.1) is 6.42 Å². The van der Waals surface area contributed by atoms with Crippen molar-refractivity contribution in [1.29, 1.82) is 0 Å². The minimum atomic E-state index is -0.289. The van der Waals surface area contributed by atoms with Crippen molar-refractivity contribution in [2.45, 2.75) is 83.3 Å². The first-order valence-electron chi connectivity index (χ1n) is 7.97. The third-order valence-corrected chi connectivity index (χ3v) is 5.19. The first-order valence-corrected chi connectivity index (χ1v) is 7.97. The lowest BCUT2D eigenvalue weighted by atomic mass is 9.79. The molecule has 110 valence electrons. The van der Waals surface area contributed by atoms with Gasteiger partial charge in [0.1, 0.15) is 6.10 Å². The highest BCUT2D eigenvalue weighted by Crippen LogP contribution is 2.33. The van der Waals surface area contributed by atoms with Crippen molar-refractivity contribution in [2.24, 2.45) is 17.6 Å². The molecule has 3 nitrogen and oxygen atoms in total. The second-order valence-corrected chi connectivity index (χ2v) is 6.98. The van der Waals surface area contributed by atoms with Crippen molar-refractivity contribution >= 4 is 5.97 Å². The Balaban J connectivity index is 1.78. The van der Waals surface area contributed by atoms with Crippen LogP contribution in [-0.4, -0.2) is 17.6 Å². The summed E-state index contributed by atoms with van der Waals surface area (Å²) in [5, 5.41) is 0. The van der Waals surface area contributed by atoms with E-state index in [0.29, 0.717) is 12.3 Å². The van der Waals surface area contributed by atoms with Crippen LogP contribution in [0.5, 0.6) is 0 Å². The van der Waals surface area contributed by atoms with Crippen LogP contribution < -0.4 is 5.73 Å². The second-order valence-electron chi connectivity index (χ2n) is 6.98. The maximum absolute atomic E-state index is 12.1. The third kappa shape index (κ3) is 4.20.